The molecule has 1 amide bonds. The third kappa shape index (κ3) is 5.40. The minimum atomic E-state index is -3.62. The molecule has 0 atom stereocenters. The van der Waals surface area contributed by atoms with E-state index in [2.05, 4.69) is 15.4 Å². The summed E-state index contributed by atoms with van der Waals surface area (Å²) in [6.07, 6.45) is 0. The van der Waals surface area contributed by atoms with Gasteiger partial charge in [-0.3, -0.25) is 4.79 Å². The fraction of sp³-hybridized carbons (Fsp3) is 0.278. The molecule has 28 heavy (non-hydrogen) atoms. The average molecular weight is 413 g/mol. The molecular weight excluding hydrogens is 392 g/mol. The molecule has 0 aliphatic rings. The standard InChI is InChI=1S/C18H21F2N3O4S/c1-12-8-9-13(28(25,26)23(2)3)10-15(12)21-11-17(24)22-14-6-4-5-7-16(14)27-18(19)20/h4-10,18,21H,11H2,1-3H3,(H,22,24). The summed E-state index contributed by atoms with van der Waals surface area (Å²) in [5.41, 5.74) is 1.32. The van der Waals surface area contributed by atoms with Crippen LogP contribution in [-0.2, 0) is 14.8 Å². The van der Waals surface area contributed by atoms with Crippen LogP contribution < -0.4 is 15.4 Å². The lowest BCUT2D eigenvalue weighted by atomic mass is 10.2. The molecular formula is C18H21F2N3O4S. The first-order valence-corrected chi connectivity index (χ1v) is 9.66. The lowest BCUT2D eigenvalue weighted by Crippen LogP contribution is -2.24. The van der Waals surface area contributed by atoms with E-state index in [1.807, 2.05) is 0 Å². The molecule has 0 aromatic heterocycles. The number of anilines is 2. The molecule has 0 aliphatic carbocycles. The Hall–Kier alpha value is -2.72. The van der Waals surface area contributed by atoms with Gasteiger partial charge in [0.2, 0.25) is 15.9 Å². The van der Waals surface area contributed by atoms with Crippen molar-refractivity contribution in [1.82, 2.24) is 4.31 Å². The molecule has 0 radical (unpaired) electrons. The fourth-order valence-corrected chi connectivity index (χ4v) is 3.23. The number of alkyl halides is 2. The van der Waals surface area contributed by atoms with Gasteiger partial charge < -0.3 is 15.4 Å². The highest BCUT2D eigenvalue weighted by atomic mass is 32.2. The zero-order valence-corrected chi connectivity index (χ0v) is 16.4. The summed E-state index contributed by atoms with van der Waals surface area (Å²) >= 11 is 0. The number of nitrogens with zero attached hydrogens (tertiary/aromatic N) is 1. The molecule has 0 heterocycles. The van der Waals surface area contributed by atoms with Crippen LogP contribution >= 0.6 is 0 Å². The number of rotatable bonds is 8. The van der Waals surface area contributed by atoms with Gasteiger partial charge in [-0.1, -0.05) is 18.2 Å². The summed E-state index contributed by atoms with van der Waals surface area (Å²) in [5, 5.41) is 5.34. The van der Waals surface area contributed by atoms with Crippen LogP contribution in [0, 0.1) is 6.92 Å². The summed E-state index contributed by atoms with van der Waals surface area (Å²) in [4.78, 5) is 12.3. The lowest BCUT2D eigenvalue weighted by Gasteiger charge is -2.15. The number of halogens is 2. The molecule has 0 aliphatic heterocycles. The first-order valence-electron chi connectivity index (χ1n) is 8.22. The van der Waals surface area contributed by atoms with E-state index in [9.17, 15) is 22.0 Å². The van der Waals surface area contributed by atoms with Crippen molar-refractivity contribution < 1.29 is 26.7 Å². The van der Waals surface area contributed by atoms with E-state index in [4.69, 9.17) is 0 Å². The van der Waals surface area contributed by atoms with Gasteiger partial charge in [-0.05, 0) is 36.8 Å². The number of amides is 1. The van der Waals surface area contributed by atoms with Gasteiger partial charge in [0, 0.05) is 19.8 Å². The molecule has 2 aromatic carbocycles. The first kappa shape index (κ1) is 21.6. The number of carbonyl (C=O) groups excluding carboxylic acids is 1. The van der Waals surface area contributed by atoms with Gasteiger partial charge >= 0.3 is 6.61 Å². The number of carbonyl (C=O) groups is 1. The average Bonchev–Trinajstić information content (AvgIpc) is 2.62. The summed E-state index contributed by atoms with van der Waals surface area (Å²) in [5.74, 6) is -0.660. The van der Waals surface area contributed by atoms with Crippen LogP contribution in [0.15, 0.2) is 47.4 Å². The molecule has 2 N–H and O–H groups in total. The van der Waals surface area contributed by atoms with Crippen molar-refractivity contribution >= 4 is 27.3 Å². The number of hydrogen-bond donors (Lipinski definition) is 2. The molecule has 2 rings (SSSR count). The second-order valence-corrected chi connectivity index (χ2v) is 8.19. The minimum Gasteiger partial charge on any atom is -0.433 e. The second-order valence-electron chi connectivity index (χ2n) is 6.04. The van der Waals surface area contributed by atoms with E-state index in [-0.39, 0.29) is 22.9 Å². The Kier molecular flexibility index (Phi) is 6.92. The first-order chi connectivity index (χ1) is 13.1. The number of nitrogens with one attached hydrogen (secondary N) is 2. The van der Waals surface area contributed by atoms with Gasteiger partial charge in [0.05, 0.1) is 17.1 Å². The third-order valence-corrected chi connectivity index (χ3v) is 5.62. The smallest absolute Gasteiger partial charge is 0.387 e. The summed E-state index contributed by atoms with van der Waals surface area (Å²) in [6.45, 7) is -1.45. The summed E-state index contributed by atoms with van der Waals surface area (Å²) in [7, 11) is -0.765. The highest BCUT2D eigenvalue weighted by Crippen LogP contribution is 2.26. The highest BCUT2D eigenvalue weighted by Gasteiger charge is 2.18. The summed E-state index contributed by atoms with van der Waals surface area (Å²) in [6, 6.07) is 10.4. The number of ether oxygens (including phenoxy) is 1. The molecule has 7 nitrogen and oxygen atoms in total. The van der Waals surface area contributed by atoms with Crippen LogP contribution in [0.4, 0.5) is 20.2 Å². The fourth-order valence-electron chi connectivity index (χ4n) is 2.30. The van der Waals surface area contributed by atoms with Crippen LogP contribution in [0.1, 0.15) is 5.56 Å². The van der Waals surface area contributed by atoms with E-state index >= 15 is 0 Å². The molecule has 2 aromatic rings. The Labute approximate surface area is 162 Å². The molecule has 0 unspecified atom stereocenters. The van der Waals surface area contributed by atoms with Crippen molar-refractivity contribution in [3.63, 3.8) is 0 Å². The zero-order valence-electron chi connectivity index (χ0n) is 15.6. The van der Waals surface area contributed by atoms with Crippen molar-refractivity contribution in [2.24, 2.45) is 0 Å². The van der Waals surface area contributed by atoms with E-state index in [1.165, 1.54) is 44.4 Å². The van der Waals surface area contributed by atoms with E-state index < -0.39 is 22.5 Å². The molecule has 0 bridgehead atoms. The number of aryl methyl sites for hydroxylation is 1. The lowest BCUT2D eigenvalue weighted by molar-refractivity contribution is -0.114. The van der Waals surface area contributed by atoms with E-state index in [0.29, 0.717) is 5.69 Å². The zero-order chi connectivity index (χ0) is 20.9. The predicted octanol–water partition coefficient (Wildman–Crippen LogP) is 2.90. The molecule has 0 saturated heterocycles. The number of sulfonamides is 1. The number of para-hydroxylation sites is 2. The minimum absolute atomic E-state index is 0.0849. The van der Waals surface area contributed by atoms with Gasteiger partial charge in [0.1, 0.15) is 5.75 Å². The van der Waals surface area contributed by atoms with Crippen molar-refractivity contribution in [2.75, 3.05) is 31.3 Å². The van der Waals surface area contributed by atoms with Gasteiger partial charge in [-0.2, -0.15) is 8.78 Å². The van der Waals surface area contributed by atoms with Gasteiger partial charge in [0.25, 0.3) is 0 Å². The second kappa shape index (κ2) is 8.98. The Morgan fingerprint density at radius 3 is 2.46 bits per heavy atom. The predicted molar refractivity (Wildman–Crippen MR) is 102 cm³/mol. The topological polar surface area (TPSA) is 87.7 Å². The monoisotopic (exact) mass is 413 g/mol. The van der Waals surface area contributed by atoms with E-state index in [0.717, 1.165) is 9.87 Å². The van der Waals surface area contributed by atoms with Crippen molar-refractivity contribution in [3.8, 4) is 5.75 Å². The molecule has 10 heteroatoms. The maximum absolute atomic E-state index is 12.4. The quantitative estimate of drug-likeness (QED) is 0.695. The van der Waals surface area contributed by atoms with Gasteiger partial charge in [-0.25, -0.2) is 12.7 Å². The maximum atomic E-state index is 12.4. The maximum Gasteiger partial charge on any atom is 0.387 e. The largest absolute Gasteiger partial charge is 0.433 e. The van der Waals surface area contributed by atoms with Crippen molar-refractivity contribution in [3.05, 3.63) is 48.0 Å². The molecule has 152 valence electrons. The normalized spacial score (nSPS) is 11.5. The van der Waals surface area contributed by atoms with E-state index in [1.54, 1.807) is 19.1 Å². The summed E-state index contributed by atoms with van der Waals surface area (Å²) < 4.78 is 54.8. The Morgan fingerprint density at radius 2 is 1.82 bits per heavy atom. The molecule has 0 fully saturated rings. The Morgan fingerprint density at radius 1 is 1.14 bits per heavy atom. The molecule has 0 spiro atoms. The SMILES string of the molecule is Cc1ccc(S(=O)(=O)N(C)C)cc1NCC(=O)Nc1ccccc1OC(F)F. The van der Waals surface area contributed by atoms with Gasteiger partial charge in [0.15, 0.2) is 0 Å². The van der Waals surface area contributed by atoms with Crippen LogP contribution in [0.2, 0.25) is 0 Å². The van der Waals surface area contributed by atoms with Crippen molar-refractivity contribution in [2.45, 2.75) is 18.4 Å². The van der Waals surface area contributed by atoms with Crippen LogP contribution in [0.3, 0.4) is 0 Å². The van der Waals surface area contributed by atoms with Crippen LogP contribution in [0.5, 0.6) is 5.75 Å². The molecule has 0 saturated carbocycles. The number of hydrogen-bond acceptors (Lipinski definition) is 5. The number of benzene rings is 2. The highest BCUT2D eigenvalue weighted by molar-refractivity contribution is 7.89. The van der Waals surface area contributed by atoms with Gasteiger partial charge in [-0.15, -0.1) is 0 Å². The Balaban J connectivity index is 2.10. The van der Waals surface area contributed by atoms with Crippen molar-refractivity contribution in [1.29, 1.82) is 0 Å². The van der Waals surface area contributed by atoms with Crippen LogP contribution in [0.25, 0.3) is 0 Å². The third-order valence-electron chi connectivity index (χ3n) is 3.80. The van der Waals surface area contributed by atoms with Crippen LogP contribution in [-0.4, -0.2) is 45.9 Å². The Bertz CT molecular complexity index is 950.